The summed E-state index contributed by atoms with van der Waals surface area (Å²) >= 11 is 0. The molecule has 76 valence electrons. The van der Waals surface area contributed by atoms with E-state index in [0.717, 1.165) is 17.8 Å². The number of carbonyl (C=O) groups is 1. The fraction of sp³-hybridized carbons (Fsp3) is 0.444. The van der Waals surface area contributed by atoms with E-state index in [1.807, 2.05) is 20.8 Å². The predicted octanol–water partition coefficient (Wildman–Crippen LogP) is 1.23. The monoisotopic (exact) mass is 194 g/mol. The summed E-state index contributed by atoms with van der Waals surface area (Å²) in [7, 11) is 0. The zero-order valence-electron chi connectivity index (χ0n) is 8.59. The molecule has 0 aliphatic carbocycles. The van der Waals surface area contributed by atoms with E-state index >= 15 is 0 Å². The third kappa shape index (κ3) is 2.69. The van der Waals surface area contributed by atoms with Crippen molar-refractivity contribution >= 4 is 11.6 Å². The molecule has 0 radical (unpaired) electrons. The van der Waals surface area contributed by atoms with Crippen LogP contribution in [-0.4, -0.2) is 21.8 Å². The van der Waals surface area contributed by atoms with Crippen molar-refractivity contribution < 1.29 is 4.79 Å². The topological polar surface area (TPSA) is 70.1 Å². The lowest BCUT2D eigenvalue weighted by Crippen LogP contribution is -2.19. The van der Waals surface area contributed by atoms with Gasteiger partial charge in [0.05, 0.1) is 0 Å². The van der Waals surface area contributed by atoms with Crippen LogP contribution in [0.15, 0.2) is 11.2 Å². The molecule has 0 atom stereocenters. The molecule has 5 heteroatoms. The van der Waals surface area contributed by atoms with E-state index in [4.69, 9.17) is 0 Å². The van der Waals surface area contributed by atoms with Crippen LogP contribution in [0.2, 0.25) is 0 Å². The number of H-pyrrole nitrogens is 1. The largest absolute Gasteiger partial charge is 0.291 e. The van der Waals surface area contributed by atoms with Gasteiger partial charge in [0.15, 0.2) is 5.69 Å². The van der Waals surface area contributed by atoms with Crippen molar-refractivity contribution in [1.29, 1.82) is 0 Å². The van der Waals surface area contributed by atoms with Crippen molar-refractivity contribution in [2.24, 2.45) is 5.10 Å². The minimum atomic E-state index is -0.290. The van der Waals surface area contributed by atoms with E-state index in [2.05, 4.69) is 20.7 Å². The molecular formula is C9H14N4O. The SMILES string of the molecule is CC/C(C)=N\NC(=O)c1cc(C)[nH]n1. The molecule has 1 aromatic heterocycles. The van der Waals surface area contributed by atoms with E-state index in [0.29, 0.717) is 5.69 Å². The lowest BCUT2D eigenvalue weighted by molar-refractivity contribution is 0.0949. The zero-order chi connectivity index (χ0) is 10.6. The highest BCUT2D eigenvalue weighted by atomic mass is 16.2. The first kappa shape index (κ1) is 10.4. The summed E-state index contributed by atoms with van der Waals surface area (Å²) in [6, 6.07) is 1.67. The maximum atomic E-state index is 11.4. The highest BCUT2D eigenvalue weighted by molar-refractivity contribution is 5.93. The Labute approximate surface area is 82.6 Å². The number of hydrogen-bond acceptors (Lipinski definition) is 3. The molecule has 1 amide bonds. The number of nitrogens with zero attached hydrogens (tertiary/aromatic N) is 2. The van der Waals surface area contributed by atoms with Gasteiger partial charge in [-0.15, -0.1) is 0 Å². The molecule has 2 N–H and O–H groups in total. The van der Waals surface area contributed by atoms with Gasteiger partial charge in [-0.25, -0.2) is 5.43 Å². The van der Waals surface area contributed by atoms with Gasteiger partial charge in [0.25, 0.3) is 5.91 Å². The summed E-state index contributed by atoms with van der Waals surface area (Å²) in [6.45, 7) is 5.67. The van der Waals surface area contributed by atoms with Crippen LogP contribution >= 0.6 is 0 Å². The number of amides is 1. The number of hydrogen-bond donors (Lipinski definition) is 2. The van der Waals surface area contributed by atoms with Gasteiger partial charge in [-0.05, 0) is 26.3 Å². The second-order valence-corrected chi connectivity index (χ2v) is 3.08. The van der Waals surface area contributed by atoms with Gasteiger partial charge in [-0.2, -0.15) is 10.2 Å². The molecule has 5 nitrogen and oxygen atoms in total. The molecule has 0 fully saturated rings. The molecule has 0 unspecified atom stereocenters. The van der Waals surface area contributed by atoms with Crippen LogP contribution in [-0.2, 0) is 0 Å². The lowest BCUT2D eigenvalue weighted by Gasteiger charge is -1.96. The van der Waals surface area contributed by atoms with Crippen molar-refractivity contribution in [1.82, 2.24) is 15.6 Å². The van der Waals surface area contributed by atoms with Crippen LogP contribution in [0.4, 0.5) is 0 Å². The molecule has 1 heterocycles. The first-order valence-corrected chi connectivity index (χ1v) is 4.49. The van der Waals surface area contributed by atoms with Crippen molar-refractivity contribution in [2.45, 2.75) is 27.2 Å². The normalized spacial score (nSPS) is 11.5. The number of aromatic amines is 1. The molecule has 0 aliphatic rings. The first-order chi connectivity index (χ1) is 6.63. The van der Waals surface area contributed by atoms with Crippen LogP contribution in [0, 0.1) is 6.92 Å². The van der Waals surface area contributed by atoms with Gasteiger partial charge in [-0.1, -0.05) is 6.92 Å². The molecule has 0 spiro atoms. The van der Waals surface area contributed by atoms with Gasteiger partial charge in [0.1, 0.15) is 0 Å². The molecule has 14 heavy (non-hydrogen) atoms. The van der Waals surface area contributed by atoms with E-state index in [-0.39, 0.29) is 5.91 Å². The van der Waals surface area contributed by atoms with Crippen LogP contribution < -0.4 is 5.43 Å². The Balaban J connectivity index is 2.60. The van der Waals surface area contributed by atoms with Crippen molar-refractivity contribution in [3.63, 3.8) is 0 Å². The lowest BCUT2D eigenvalue weighted by atomic mass is 10.3. The van der Waals surface area contributed by atoms with Crippen molar-refractivity contribution in [2.75, 3.05) is 0 Å². The second kappa shape index (κ2) is 4.55. The fourth-order valence-electron chi connectivity index (χ4n) is 0.817. The molecule has 0 aromatic carbocycles. The average Bonchev–Trinajstić information content (AvgIpc) is 2.60. The summed E-state index contributed by atoms with van der Waals surface area (Å²) in [5.41, 5.74) is 4.52. The van der Waals surface area contributed by atoms with Gasteiger partial charge in [0, 0.05) is 11.4 Å². The predicted molar refractivity (Wildman–Crippen MR) is 54.2 cm³/mol. The quantitative estimate of drug-likeness (QED) is 0.561. The Morgan fingerprint density at radius 3 is 2.93 bits per heavy atom. The molecule has 0 saturated heterocycles. The van der Waals surface area contributed by atoms with Crippen LogP contribution in [0.3, 0.4) is 0 Å². The van der Waals surface area contributed by atoms with E-state index < -0.39 is 0 Å². The fourth-order valence-corrected chi connectivity index (χ4v) is 0.817. The molecule has 1 aromatic rings. The summed E-state index contributed by atoms with van der Waals surface area (Å²) < 4.78 is 0. The molecule has 0 aliphatic heterocycles. The molecule has 1 rings (SSSR count). The van der Waals surface area contributed by atoms with Crippen molar-refractivity contribution in [3.05, 3.63) is 17.5 Å². The molecule has 0 bridgehead atoms. The number of aromatic nitrogens is 2. The smallest absolute Gasteiger partial charge is 0.282 e. The third-order valence-electron chi connectivity index (χ3n) is 1.80. The number of nitrogens with one attached hydrogen (secondary N) is 2. The number of hydrazone groups is 1. The van der Waals surface area contributed by atoms with Crippen molar-refractivity contribution in [3.8, 4) is 0 Å². The highest BCUT2D eigenvalue weighted by Crippen LogP contribution is 1.96. The third-order valence-corrected chi connectivity index (χ3v) is 1.80. The highest BCUT2D eigenvalue weighted by Gasteiger charge is 2.07. The number of rotatable bonds is 3. The Kier molecular flexibility index (Phi) is 3.39. The minimum Gasteiger partial charge on any atom is -0.282 e. The average molecular weight is 194 g/mol. The van der Waals surface area contributed by atoms with E-state index in [9.17, 15) is 4.79 Å². The summed E-state index contributed by atoms with van der Waals surface area (Å²) in [6.07, 6.45) is 0.819. The standard InChI is InChI=1S/C9H14N4O/c1-4-6(2)10-13-9(14)8-5-7(3)11-12-8/h5H,4H2,1-3H3,(H,11,12)(H,13,14)/b10-6-. The molecule has 0 saturated carbocycles. The second-order valence-electron chi connectivity index (χ2n) is 3.08. The maximum Gasteiger partial charge on any atom is 0.291 e. The van der Waals surface area contributed by atoms with E-state index in [1.165, 1.54) is 0 Å². The summed E-state index contributed by atoms with van der Waals surface area (Å²) in [5.74, 6) is -0.290. The van der Waals surface area contributed by atoms with Gasteiger partial charge < -0.3 is 0 Å². The number of carbonyl (C=O) groups excluding carboxylic acids is 1. The van der Waals surface area contributed by atoms with Crippen LogP contribution in [0.1, 0.15) is 36.5 Å². The zero-order valence-corrected chi connectivity index (χ0v) is 8.59. The first-order valence-electron chi connectivity index (χ1n) is 4.49. The Morgan fingerprint density at radius 2 is 2.43 bits per heavy atom. The van der Waals surface area contributed by atoms with Gasteiger partial charge in [0.2, 0.25) is 0 Å². The van der Waals surface area contributed by atoms with Gasteiger partial charge in [-0.3, -0.25) is 9.89 Å². The van der Waals surface area contributed by atoms with Crippen LogP contribution in [0.25, 0.3) is 0 Å². The molecular weight excluding hydrogens is 180 g/mol. The minimum absolute atomic E-state index is 0.290. The van der Waals surface area contributed by atoms with E-state index in [1.54, 1.807) is 6.07 Å². The maximum absolute atomic E-state index is 11.4. The number of aryl methyl sites for hydroxylation is 1. The van der Waals surface area contributed by atoms with Crippen LogP contribution in [0.5, 0.6) is 0 Å². The Morgan fingerprint density at radius 1 is 1.71 bits per heavy atom. The summed E-state index contributed by atoms with van der Waals surface area (Å²) in [5, 5.41) is 10.4. The Hall–Kier alpha value is -1.65. The summed E-state index contributed by atoms with van der Waals surface area (Å²) in [4.78, 5) is 11.4. The Bertz CT molecular complexity index is 353. The van der Waals surface area contributed by atoms with Gasteiger partial charge >= 0.3 is 0 Å².